The molecule has 0 saturated carbocycles. The highest BCUT2D eigenvalue weighted by Crippen LogP contribution is 2.18. The van der Waals surface area contributed by atoms with Crippen molar-refractivity contribution < 1.29 is 0 Å². The van der Waals surface area contributed by atoms with Crippen LogP contribution in [0.25, 0.3) is 11.1 Å². The predicted octanol–water partition coefficient (Wildman–Crippen LogP) is 2.17. The molecule has 2 rings (SSSR count). The highest BCUT2D eigenvalue weighted by Gasteiger charge is 1.99. The Balaban J connectivity index is 2.27. The lowest BCUT2D eigenvalue weighted by Crippen LogP contribution is -2.08. The molecule has 1 aromatic carbocycles. The number of hydrogen-bond acceptors (Lipinski definition) is 3. The van der Waals surface area contributed by atoms with Crippen molar-refractivity contribution in [2.24, 2.45) is 0 Å². The van der Waals surface area contributed by atoms with Gasteiger partial charge in [-0.25, -0.2) is 9.97 Å². The number of aromatic nitrogens is 2. The van der Waals surface area contributed by atoms with Gasteiger partial charge in [0.15, 0.2) is 0 Å². The molecule has 0 radical (unpaired) electrons. The SMILES string of the molecule is CNCc1ncc(-c2cccc(C)c2)cn1. The smallest absolute Gasteiger partial charge is 0.141 e. The predicted molar refractivity (Wildman–Crippen MR) is 65.0 cm³/mol. The zero-order valence-corrected chi connectivity index (χ0v) is 9.57. The van der Waals surface area contributed by atoms with E-state index in [4.69, 9.17) is 0 Å². The first kappa shape index (κ1) is 10.8. The van der Waals surface area contributed by atoms with Crippen LogP contribution >= 0.6 is 0 Å². The van der Waals surface area contributed by atoms with Gasteiger partial charge in [0.1, 0.15) is 5.82 Å². The number of rotatable bonds is 3. The van der Waals surface area contributed by atoms with Crippen molar-refractivity contribution in [1.82, 2.24) is 15.3 Å². The van der Waals surface area contributed by atoms with Gasteiger partial charge in [-0.3, -0.25) is 0 Å². The maximum atomic E-state index is 4.30. The van der Waals surface area contributed by atoms with E-state index >= 15 is 0 Å². The average molecular weight is 213 g/mol. The minimum absolute atomic E-state index is 0.702. The van der Waals surface area contributed by atoms with E-state index in [1.165, 1.54) is 5.56 Å². The normalized spacial score (nSPS) is 10.4. The van der Waals surface area contributed by atoms with E-state index in [9.17, 15) is 0 Å². The lowest BCUT2D eigenvalue weighted by atomic mass is 10.1. The molecule has 0 aliphatic carbocycles. The Kier molecular flexibility index (Phi) is 3.27. The summed E-state index contributed by atoms with van der Waals surface area (Å²) in [5.41, 5.74) is 3.47. The zero-order chi connectivity index (χ0) is 11.4. The third kappa shape index (κ3) is 2.44. The van der Waals surface area contributed by atoms with Gasteiger partial charge in [0.25, 0.3) is 0 Å². The molecule has 82 valence electrons. The second kappa shape index (κ2) is 4.86. The molecule has 0 aliphatic heterocycles. The van der Waals surface area contributed by atoms with E-state index < -0.39 is 0 Å². The highest BCUT2D eigenvalue weighted by molar-refractivity contribution is 5.62. The summed E-state index contributed by atoms with van der Waals surface area (Å²) in [5, 5.41) is 3.03. The number of nitrogens with one attached hydrogen (secondary N) is 1. The summed E-state index contributed by atoms with van der Waals surface area (Å²) in [6.45, 7) is 2.79. The summed E-state index contributed by atoms with van der Waals surface area (Å²) in [6.07, 6.45) is 3.74. The number of benzene rings is 1. The maximum Gasteiger partial charge on any atom is 0.141 e. The molecule has 0 atom stereocenters. The first-order valence-electron chi connectivity index (χ1n) is 5.32. The second-order valence-corrected chi connectivity index (χ2v) is 3.79. The highest BCUT2D eigenvalue weighted by atomic mass is 14.9. The van der Waals surface area contributed by atoms with Crippen molar-refractivity contribution in [1.29, 1.82) is 0 Å². The van der Waals surface area contributed by atoms with Crippen LogP contribution in [0.3, 0.4) is 0 Å². The van der Waals surface area contributed by atoms with Gasteiger partial charge in [0.2, 0.25) is 0 Å². The fourth-order valence-corrected chi connectivity index (χ4v) is 1.58. The van der Waals surface area contributed by atoms with Crippen molar-refractivity contribution >= 4 is 0 Å². The molecule has 0 bridgehead atoms. The fraction of sp³-hybridized carbons (Fsp3) is 0.231. The Bertz CT molecular complexity index is 463. The lowest BCUT2D eigenvalue weighted by Gasteiger charge is -2.03. The van der Waals surface area contributed by atoms with Crippen molar-refractivity contribution in [3.05, 3.63) is 48.0 Å². The Morgan fingerprint density at radius 3 is 2.50 bits per heavy atom. The molecule has 0 unspecified atom stereocenters. The summed E-state index contributed by atoms with van der Waals surface area (Å²) in [4.78, 5) is 8.60. The summed E-state index contributed by atoms with van der Waals surface area (Å²) >= 11 is 0. The zero-order valence-electron chi connectivity index (χ0n) is 9.57. The Morgan fingerprint density at radius 1 is 1.12 bits per heavy atom. The van der Waals surface area contributed by atoms with Crippen molar-refractivity contribution in [3.8, 4) is 11.1 Å². The molecule has 3 heteroatoms. The number of aryl methyl sites for hydroxylation is 1. The van der Waals surface area contributed by atoms with Crippen LogP contribution in [0.2, 0.25) is 0 Å². The van der Waals surface area contributed by atoms with Crippen LogP contribution < -0.4 is 5.32 Å². The van der Waals surface area contributed by atoms with Gasteiger partial charge in [-0.15, -0.1) is 0 Å². The molecule has 2 aromatic rings. The van der Waals surface area contributed by atoms with E-state index in [-0.39, 0.29) is 0 Å². The van der Waals surface area contributed by atoms with Crippen LogP contribution in [-0.2, 0) is 6.54 Å². The summed E-state index contributed by atoms with van der Waals surface area (Å²) in [7, 11) is 1.89. The van der Waals surface area contributed by atoms with Crippen LogP contribution in [0.5, 0.6) is 0 Å². The van der Waals surface area contributed by atoms with E-state index in [0.717, 1.165) is 17.0 Å². The van der Waals surface area contributed by atoms with Crippen molar-refractivity contribution in [2.75, 3.05) is 7.05 Å². The lowest BCUT2D eigenvalue weighted by molar-refractivity contribution is 0.758. The molecular weight excluding hydrogens is 198 g/mol. The minimum Gasteiger partial charge on any atom is -0.313 e. The third-order valence-corrected chi connectivity index (χ3v) is 2.39. The van der Waals surface area contributed by atoms with E-state index in [0.29, 0.717) is 6.54 Å². The van der Waals surface area contributed by atoms with Gasteiger partial charge < -0.3 is 5.32 Å². The standard InChI is InChI=1S/C13H15N3/c1-10-4-3-5-11(6-10)12-7-15-13(9-14-2)16-8-12/h3-8,14H,9H2,1-2H3. The topological polar surface area (TPSA) is 37.8 Å². The molecule has 1 N–H and O–H groups in total. The Hall–Kier alpha value is -1.74. The summed E-state index contributed by atoms with van der Waals surface area (Å²) in [6, 6.07) is 8.34. The number of hydrogen-bond donors (Lipinski definition) is 1. The van der Waals surface area contributed by atoms with Gasteiger partial charge >= 0.3 is 0 Å². The molecule has 0 aliphatic rings. The number of nitrogens with zero attached hydrogens (tertiary/aromatic N) is 2. The molecule has 16 heavy (non-hydrogen) atoms. The largest absolute Gasteiger partial charge is 0.313 e. The van der Waals surface area contributed by atoms with Crippen LogP contribution in [0.15, 0.2) is 36.7 Å². The minimum atomic E-state index is 0.702. The van der Waals surface area contributed by atoms with E-state index in [2.05, 4.69) is 40.4 Å². The van der Waals surface area contributed by atoms with Gasteiger partial charge in [-0.05, 0) is 19.5 Å². The fourth-order valence-electron chi connectivity index (χ4n) is 1.58. The van der Waals surface area contributed by atoms with Gasteiger partial charge in [-0.2, -0.15) is 0 Å². The van der Waals surface area contributed by atoms with Gasteiger partial charge in [-0.1, -0.05) is 29.8 Å². The summed E-state index contributed by atoms with van der Waals surface area (Å²) in [5.74, 6) is 0.818. The van der Waals surface area contributed by atoms with Crippen LogP contribution in [0.4, 0.5) is 0 Å². The molecule has 0 saturated heterocycles. The summed E-state index contributed by atoms with van der Waals surface area (Å²) < 4.78 is 0. The third-order valence-electron chi connectivity index (χ3n) is 2.39. The second-order valence-electron chi connectivity index (χ2n) is 3.79. The molecular formula is C13H15N3. The van der Waals surface area contributed by atoms with E-state index in [1.54, 1.807) is 0 Å². The van der Waals surface area contributed by atoms with Gasteiger partial charge in [0, 0.05) is 18.0 Å². The van der Waals surface area contributed by atoms with Crippen LogP contribution in [-0.4, -0.2) is 17.0 Å². The Morgan fingerprint density at radius 2 is 1.88 bits per heavy atom. The first-order valence-corrected chi connectivity index (χ1v) is 5.32. The monoisotopic (exact) mass is 213 g/mol. The molecule has 3 nitrogen and oxygen atoms in total. The molecule has 0 spiro atoms. The molecule has 1 aromatic heterocycles. The van der Waals surface area contributed by atoms with Gasteiger partial charge in [0.05, 0.1) is 6.54 Å². The maximum absolute atomic E-state index is 4.30. The van der Waals surface area contributed by atoms with Crippen LogP contribution in [0.1, 0.15) is 11.4 Å². The van der Waals surface area contributed by atoms with E-state index in [1.807, 2.05) is 25.5 Å². The molecule has 0 amide bonds. The molecule has 1 heterocycles. The quantitative estimate of drug-likeness (QED) is 0.849. The molecule has 0 fully saturated rings. The Labute approximate surface area is 95.6 Å². The first-order chi connectivity index (χ1) is 7.79. The van der Waals surface area contributed by atoms with Crippen molar-refractivity contribution in [3.63, 3.8) is 0 Å². The van der Waals surface area contributed by atoms with Crippen molar-refractivity contribution in [2.45, 2.75) is 13.5 Å². The average Bonchev–Trinajstić information content (AvgIpc) is 2.30. The van der Waals surface area contributed by atoms with Crippen LogP contribution in [0, 0.1) is 6.92 Å².